The van der Waals surface area contributed by atoms with Crippen LogP contribution in [0.4, 0.5) is 23.1 Å². The Labute approximate surface area is 169 Å². The molecule has 0 amide bonds. The van der Waals surface area contributed by atoms with Gasteiger partial charge in [-0.05, 0) is 60.9 Å². The molecule has 29 heavy (non-hydrogen) atoms. The molecule has 1 atom stereocenters. The van der Waals surface area contributed by atoms with E-state index in [9.17, 15) is 5.11 Å². The lowest BCUT2D eigenvalue weighted by Crippen LogP contribution is -2.04. The molecule has 3 N–H and O–H groups in total. The van der Waals surface area contributed by atoms with Crippen LogP contribution in [0.3, 0.4) is 0 Å². The van der Waals surface area contributed by atoms with Crippen molar-refractivity contribution in [3.8, 4) is 12.1 Å². The molecule has 0 radical (unpaired) electrons. The molecule has 0 aliphatic heterocycles. The van der Waals surface area contributed by atoms with E-state index in [1.165, 1.54) is 0 Å². The van der Waals surface area contributed by atoms with Gasteiger partial charge in [0.2, 0.25) is 5.95 Å². The van der Waals surface area contributed by atoms with Crippen molar-refractivity contribution in [2.75, 3.05) is 10.6 Å². The van der Waals surface area contributed by atoms with Crippen molar-refractivity contribution in [1.82, 2.24) is 9.97 Å². The quantitative estimate of drug-likeness (QED) is 0.576. The second-order valence-corrected chi connectivity index (χ2v) is 6.61. The second-order valence-electron chi connectivity index (χ2n) is 6.61. The number of aryl methyl sites for hydroxylation is 2. The van der Waals surface area contributed by atoms with Crippen molar-refractivity contribution in [1.29, 1.82) is 10.5 Å². The van der Waals surface area contributed by atoms with Crippen LogP contribution in [0.25, 0.3) is 0 Å². The number of nitrogens with one attached hydrogen (secondary N) is 2. The van der Waals surface area contributed by atoms with E-state index < -0.39 is 6.10 Å². The molecule has 0 fully saturated rings. The van der Waals surface area contributed by atoms with Gasteiger partial charge in [-0.15, -0.1) is 0 Å². The predicted octanol–water partition coefficient (Wildman–Crippen LogP) is 4.40. The average Bonchev–Trinajstić information content (AvgIpc) is 2.71. The fraction of sp³-hybridized carbons (Fsp3) is 0.182. The third kappa shape index (κ3) is 4.86. The fourth-order valence-electron chi connectivity index (χ4n) is 2.96. The molecule has 0 aliphatic rings. The number of nitriles is 2. The topological polar surface area (TPSA) is 118 Å². The number of hydrogen-bond donors (Lipinski definition) is 3. The van der Waals surface area contributed by atoms with E-state index in [4.69, 9.17) is 10.5 Å². The molecule has 3 aromatic rings. The molecular weight excluding hydrogens is 364 g/mol. The van der Waals surface area contributed by atoms with Gasteiger partial charge < -0.3 is 15.7 Å². The van der Waals surface area contributed by atoms with E-state index in [-0.39, 0.29) is 6.42 Å². The molecule has 1 heterocycles. The highest BCUT2D eigenvalue weighted by Gasteiger charge is 2.12. The third-order valence-corrected chi connectivity index (χ3v) is 4.40. The molecule has 0 aliphatic carbocycles. The summed E-state index contributed by atoms with van der Waals surface area (Å²) in [6.07, 6.45) is 0.910. The van der Waals surface area contributed by atoms with Crippen LogP contribution in [-0.4, -0.2) is 15.1 Å². The molecule has 1 unspecified atom stereocenters. The first-order valence-corrected chi connectivity index (χ1v) is 9.03. The normalized spacial score (nSPS) is 11.2. The van der Waals surface area contributed by atoms with Gasteiger partial charge in [0.05, 0.1) is 30.2 Å². The number of benzene rings is 2. The molecule has 0 spiro atoms. The summed E-state index contributed by atoms with van der Waals surface area (Å²) in [5.41, 5.74) is 4.86. The molecule has 0 saturated heterocycles. The minimum atomic E-state index is -0.797. The maximum absolute atomic E-state index is 10.1. The number of hydrogen-bond acceptors (Lipinski definition) is 7. The van der Waals surface area contributed by atoms with E-state index in [1.807, 2.05) is 32.0 Å². The van der Waals surface area contributed by atoms with E-state index in [2.05, 4.69) is 26.7 Å². The smallest absolute Gasteiger partial charge is 0.229 e. The van der Waals surface area contributed by atoms with Gasteiger partial charge >= 0.3 is 0 Å². The van der Waals surface area contributed by atoms with Gasteiger partial charge in [-0.3, -0.25) is 0 Å². The van der Waals surface area contributed by atoms with Crippen molar-refractivity contribution < 1.29 is 5.11 Å². The monoisotopic (exact) mass is 384 g/mol. The molecular formula is C22H20N6O. The second kappa shape index (κ2) is 8.83. The molecule has 2 aromatic carbocycles. The third-order valence-electron chi connectivity index (χ3n) is 4.40. The summed E-state index contributed by atoms with van der Waals surface area (Å²) in [5.74, 6) is 1.05. The average molecular weight is 384 g/mol. The Kier molecular flexibility index (Phi) is 6.03. The molecule has 3 rings (SSSR count). The van der Waals surface area contributed by atoms with Crippen LogP contribution in [0.5, 0.6) is 0 Å². The van der Waals surface area contributed by atoms with Gasteiger partial charge in [0.15, 0.2) is 0 Å². The van der Waals surface area contributed by atoms with Crippen molar-refractivity contribution in [2.24, 2.45) is 0 Å². The fourth-order valence-corrected chi connectivity index (χ4v) is 2.96. The highest BCUT2D eigenvalue weighted by molar-refractivity contribution is 5.66. The minimum Gasteiger partial charge on any atom is -0.387 e. The molecule has 1 aromatic heterocycles. The largest absolute Gasteiger partial charge is 0.387 e. The van der Waals surface area contributed by atoms with Crippen LogP contribution in [0.1, 0.15) is 34.8 Å². The summed E-state index contributed by atoms with van der Waals surface area (Å²) < 4.78 is 0. The predicted molar refractivity (Wildman–Crippen MR) is 111 cm³/mol. The molecule has 7 nitrogen and oxygen atoms in total. The Morgan fingerprint density at radius 1 is 1.03 bits per heavy atom. The maximum Gasteiger partial charge on any atom is 0.229 e. The molecule has 0 saturated carbocycles. The Bertz CT molecular complexity index is 1070. The van der Waals surface area contributed by atoms with Gasteiger partial charge in [0.1, 0.15) is 5.82 Å². The van der Waals surface area contributed by atoms with Crippen LogP contribution in [-0.2, 0) is 0 Å². The standard InChI is InChI=1S/C22H20N6O/c1-14-11-17(19(29)7-9-23)12-15(2)21(14)27-20-8-10-25-22(28-20)26-18-5-3-16(13-24)4-6-18/h3-6,8,10-12,19,29H,7H2,1-2H3,(H2,25,26,27,28). The van der Waals surface area contributed by atoms with Gasteiger partial charge in [-0.25, -0.2) is 4.98 Å². The number of aromatic nitrogens is 2. The van der Waals surface area contributed by atoms with Crippen molar-refractivity contribution in [2.45, 2.75) is 26.4 Å². The molecule has 0 bridgehead atoms. The molecule has 144 valence electrons. The first-order chi connectivity index (χ1) is 14.0. The lowest BCUT2D eigenvalue weighted by atomic mass is 9.99. The molecule has 7 heteroatoms. The van der Waals surface area contributed by atoms with E-state index in [1.54, 1.807) is 36.5 Å². The van der Waals surface area contributed by atoms with Gasteiger partial charge in [0.25, 0.3) is 0 Å². The van der Waals surface area contributed by atoms with Gasteiger partial charge in [-0.2, -0.15) is 15.5 Å². The van der Waals surface area contributed by atoms with Crippen molar-refractivity contribution in [3.63, 3.8) is 0 Å². The SMILES string of the molecule is Cc1cc(C(O)CC#N)cc(C)c1Nc1ccnc(Nc2ccc(C#N)cc2)n1. The summed E-state index contributed by atoms with van der Waals surface area (Å²) in [5, 5.41) is 34.2. The van der Waals surface area contributed by atoms with Crippen molar-refractivity contribution >= 4 is 23.1 Å². The van der Waals surface area contributed by atoms with Gasteiger partial charge in [-0.1, -0.05) is 12.1 Å². The number of rotatable bonds is 6. The van der Waals surface area contributed by atoms with E-state index in [0.717, 1.165) is 28.1 Å². The summed E-state index contributed by atoms with van der Waals surface area (Å²) in [6, 6.07) is 16.6. The minimum absolute atomic E-state index is 0.0575. The first-order valence-electron chi connectivity index (χ1n) is 9.03. The zero-order valence-corrected chi connectivity index (χ0v) is 16.1. The van der Waals surface area contributed by atoms with Crippen LogP contribution >= 0.6 is 0 Å². The summed E-state index contributed by atoms with van der Waals surface area (Å²) >= 11 is 0. The Morgan fingerprint density at radius 2 is 1.72 bits per heavy atom. The number of aliphatic hydroxyl groups is 1. The van der Waals surface area contributed by atoms with Gasteiger partial charge in [0, 0.05) is 17.6 Å². The summed E-state index contributed by atoms with van der Waals surface area (Å²) in [7, 11) is 0. The lowest BCUT2D eigenvalue weighted by Gasteiger charge is -2.16. The lowest BCUT2D eigenvalue weighted by molar-refractivity contribution is 0.183. The highest BCUT2D eigenvalue weighted by Crippen LogP contribution is 2.29. The van der Waals surface area contributed by atoms with E-state index in [0.29, 0.717) is 17.3 Å². The first kappa shape index (κ1) is 19.8. The van der Waals surface area contributed by atoms with Crippen molar-refractivity contribution in [3.05, 3.63) is 70.9 Å². The zero-order chi connectivity index (χ0) is 20.8. The zero-order valence-electron chi connectivity index (χ0n) is 16.1. The van der Waals surface area contributed by atoms with Crippen LogP contribution < -0.4 is 10.6 Å². The number of aliphatic hydroxyl groups excluding tert-OH is 1. The number of nitrogens with zero attached hydrogens (tertiary/aromatic N) is 4. The highest BCUT2D eigenvalue weighted by atomic mass is 16.3. The summed E-state index contributed by atoms with van der Waals surface area (Å²) in [6.45, 7) is 3.88. The number of anilines is 4. The van der Waals surface area contributed by atoms with Crippen LogP contribution in [0, 0.1) is 36.5 Å². The summed E-state index contributed by atoms with van der Waals surface area (Å²) in [4.78, 5) is 8.71. The Morgan fingerprint density at radius 3 is 2.34 bits per heavy atom. The maximum atomic E-state index is 10.1. The Balaban J connectivity index is 1.79. The Hall–Kier alpha value is -3.94. The van der Waals surface area contributed by atoms with E-state index >= 15 is 0 Å². The van der Waals surface area contributed by atoms with Crippen LogP contribution in [0.15, 0.2) is 48.7 Å². The van der Waals surface area contributed by atoms with Crippen LogP contribution in [0.2, 0.25) is 0 Å².